The maximum Gasteiger partial charge on any atom is 0.146 e. The number of hydrogen-bond donors (Lipinski definition) is 3. The van der Waals surface area contributed by atoms with Gasteiger partial charge in [-0.15, -0.1) is 0 Å². The van der Waals surface area contributed by atoms with Gasteiger partial charge in [-0.3, -0.25) is 10.00 Å². The number of nitrogens with one attached hydrogen (secondary N) is 2. The molecule has 116 valence electrons. The van der Waals surface area contributed by atoms with Crippen molar-refractivity contribution in [2.24, 2.45) is 7.05 Å². The quantitative estimate of drug-likeness (QED) is 0.643. The summed E-state index contributed by atoms with van der Waals surface area (Å²) < 4.78 is 1.77. The number of benzene rings is 1. The minimum Gasteiger partial charge on any atom is -0.373 e. The van der Waals surface area contributed by atoms with Gasteiger partial charge >= 0.3 is 0 Å². The molecule has 23 heavy (non-hydrogen) atoms. The SMILES string of the molecule is Cn1cc(C2(NC(O)c3cc4cc(C#N)ccc4[nH]3)CC2)cn1. The van der Waals surface area contributed by atoms with Gasteiger partial charge in [-0.05, 0) is 37.1 Å². The van der Waals surface area contributed by atoms with E-state index < -0.39 is 6.23 Å². The standard InChI is InChI=1S/C17H17N5O/c1-22-10-13(9-19-22)17(4-5-17)21-16(23)15-7-12-6-11(8-18)2-3-14(12)20-15/h2-3,6-7,9-10,16,20-21,23H,4-5H2,1H3. The number of fused-ring (bicyclic) bond motifs is 1. The van der Waals surface area contributed by atoms with Crippen LogP contribution in [-0.4, -0.2) is 19.9 Å². The van der Waals surface area contributed by atoms with Gasteiger partial charge in [0.2, 0.25) is 0 Å². The summed E-state index contributed by atoms with van der Waals surface area (Å²) in [4.78, 5) is 3.21. The number of aliphatic hydroxyl groups excluding tert-OH is 1. The Balaban J connectivity index is 1.60. The Labute approximate surface area is 133 Å². The van der Waals surface area contributed by atoms with E-state index in [1.807, 2.05) is 37.6 Å². The summed E-state index contributed by atoms with van der Waals surface area (Å²) >= 11 is 0. The highest BCUT2D eigenvalue weighted by atomic mass is 16.3. The highest BCUT2D eigenvalue weighted by Crippen LogP contribution is 2.46. The van der Waals surface area contributed by atoms with Gasteiger partial charge in [0.15, 0.2) is 0 Å². The largest absolute Gasteiger partial charge is 0.373 e. The first-order valence-electron chi connectivity index (χ1n) is 7.57. The number of nitriles is 1. The summed E-state index contributed by atoms with van der Waals surface area (Å²) in [7, 11) is 1.89. The molecule has 4 rings (SSSR count). The smallest absolute Gasteiger partial charge is 0.146 e. The minimum absolute atomic E-state index is 0.192. The molecule has 3 N–H and O–H groups in total. The van der Waals surface area contributed by atoms with E-state index in [0.717, 1.165) is 29.3 Å². The monoisotopic (exact) mass is 307 g/mol. The van der Waals surface area contributed by atoms with Crippen molar-refractivity contribution in [1.29, 1.82) is 5.26 Å². The summed E-state index contributed by atoms with van der Waals surface area (Å²) in [6.07, 6.45) is 4.99. The third-order valence-corrected chi connectivity index (χ3v) is 4.49. The van der Waals surface area contributed by atoms with Crippen molar-refractivity contribution in [3.63, 3.8) is 0 Å². The Morgan fingerprint density at radius 1 is 1.43 bits per heavy atom. The van der Waals surface area contributed by atoms with Crippen molar-refractivity contribution >= 4 is 10.9 Å². The molecule has 1 aliphatic rings. The van der Waals surface area contributed by atoms with Gasteiger partial charge in [0.1, 0.15) is 6.23 Å². The molecule has 1 fully saturated rings. The zero-order chi connectivity index (χ0) is 16.0. The molecule has 1 aromatic carbocycles. The second kappa shape index (κ2) is 4.95. The number of rotatable bonds is 4. The number of aryl methyl sites for hydroxylation is 1. The highest BCUT2D eigenvalue weighted by molar-refractivity contribution is 5.81. The Kier molecular flexibility index (Phi) is 3.01. The van der Waals surface area contributed by atoms with Crippen LogP contribution >= 0.6 is 0 Å². The van der Waals surface area contributed by atoms with E-state index in [-0.39, 0.29) is 5.54 Å². The first-order valence-corrected chi connectivity index (χ1v) is 7.57. The predicted octanol–water partition coefficient (Wildman–Crippen LogP) is 2.04. The summed E-state index contributed by atoms with van der Waals surface area (Å²) in [5.74, 6) is 0. The first-order chi connectivity index (χ1) is 11.1. The third kappa shape index (κ3) is 2.40. The molecule has 0 amide bonds. The zero-order valence-corrected chi connectivity index (χ0v) is 12.7. The summed E-state index contributed by atoms with van der Waals surface area (Å²) in [6, 6.07) is 9.45. The lowest BCUT2D eigenvalue weighted by atomic mass is 10.1. The number of aliphatic hydroxyl groups is 1. The Bertz CT molecular complexity index is 913. The van der Waals surface area contributed by atoms with Gasteiger partial charge in [0, 0.05) is 35.2 Å². The van der Waals surface area contributed by atoms with Crippen LogP contribution in [0.4, 0.5) is 0 Å². The average molecular weight is 307 g/mol. The third-order valence-electron chi connectivity index (χ3n) is 4.49. The molecule has 0 bridgehead atoms. The van der Waals surface area contributed by atoms with E-state index in [9.17, 15) is 5.11 Å². The van der Waals surface area contributed by atoms with E-state index in [1.165, 1.54) is 0 Å². The van der Waals surface area contributed by atoms with Crippen LogP contribution in [0, 0.1) is 11.3 Å². The van der Waals surface area contributed by atoms with Crippen LogP contribution < -0.4 is 5.32 Å². The molecule has 0 aliphatic heterocycles. The van der Waals surface area contributed by atoms with Gasteiger partial charge in [-0.1, -0.05) is 0 Å². The molecular formula is C17H17N5O. The van der Waals surface area contributed by atoms with Crippen LogP contribution in [0.25, 0.3) is 10.9 Å². The van der Waals surface area contributed by atoms with E-state index in [4.69, 9.17) is 5.26 Å². The molecule has 2 aromatic heterocycles. The Morgan fingerprint density at radius 3 is 2.91 bits per heavy atom. The van der Waals surface area contributed by atoms with E-state index >= 15 is 0 Å². The van der Waals surface area contributed by atoms with Crippen molar-refractivity contribution in [3.8, 4) is 6.07 Å². The molecule has 1 aliphatic carbocycles. The number of hydrogen-bond acceptors (Lipinski definition) is 4. The topological polar surface area (TPSA) is 89.7 Å². The molecule has 0 saturated heterocycles. The Morgan fingerprint density at radius 2 is 2.26 bits per heavy atom. The van der Waals surface area contributed by atoms with Crippen LogP contribution in [0.5, 0.6) is 0 Å². The first kappa shape index (κ1) is 14.0. The number of nitrogens with zero attached hydrogens (tertiary/aromatic N) is 3. The van der Waals surface area contributed by atoms with E-state index in [0.29, 0.717) is 11.3 Å². The molecular weight excluding hydrogens is 290 g/mol. The molecule has 1 atom stereocenters. The number of aromatic amines is 1. The van der Waals surface area contributed by atoms with Crippen molar-refractivity contribution in [1.82, 2.24) is 20.1 Å². The van der Waals surface area contributed by atoms with Gasteiger partial charge < -0.3 is 10.1 Å². The van der Waals surface area contributed by atoms with Crippen LogP contribution in [0.3, 0.4) is 0 Å². The summed E-state index contributed by atoms with van der Waals surface area (Å²) in [5.41, 5.74) is 3.13. The molecule has 1 saturated carbocycles. The van der Waals surface area contributed by atoms with Crippen LogP contribution in [0.2, 0.25) is 0 Å². The van der Waals surface area contributed by atoms with E-state index in [2.05, 4.69) is 21.5 Å². The summed E-state index contributed by atoms with van der Waals surface area (Å²) in [6.45, 7) is 0. The fraction of sp³-hybridized carbons (Fsp3) is 0.294. The molecule has 0 radical (unpaired) electrons. The second-order valence-corrected chi connectivity index (χ2v) is 6.17. The van der Waals surface area contributed by atoms with Crippen LogP contribution in [-0.2, 0) is 12.6 Å². The molecule has 3 aromatic rings. The molecule has 6 nitrogen and oxygen atoms in total. The van der Waals surface area contributed by atoms with Crippen molar-refractivity contribution in [3.05, 3.63) is 53.5 Å². The predicted molar refractivity (Wildman–Crippen MR) is 85.2 cm³/mol. The second-order valence-electron chi connectivity index (χ2n) is 6.17. The van der Waals surface area contributed by atoms with E-state index in [1.54, 1.807) is 10.7 Å². The van der Waals surface area contributed by atoms with Crippen LogP contribution in [0.1, 0.15) is 35.9 Å². The lowest BCUT2D eigenvalue weighted by Gasteiger charge is -2.20. The lowest BCUT2D eigenvalue weighted by Crippen LogP contribution is -2.32. The summed E-state index contributed by atoms with van der Waals surface area (Å²) in [5, 5.41) is 28.0. The Hall–Kier alpha value is -2.62. The number of aromatic nitrogens is 3. The minimum atomic E-state index is -0.796. The van der Waals surface area contributed by atoms with Crippen molar-refractivity contribution in [2.75, 3.05) is 0 Å². The normalized spacial score (nSPS) is 17.1. The van der Waals surface area contributed by atoms with Crippen molar-refractivity contribution in [2.45, 2.75) is 24.6 Å². The maximum absolute atomic E-state index is 10.6. The lowest BCUT2D eigenvalue weighted by molar-refractivity contribution is 0.114. The van der Waals surface area contributed by atoms with Crippen LogP contribution in [0.15, 0.2) is 36.7 Å². The van der Waals surface area contributed by atoms with Gasteiger partial charge in [-0.2, -0.15) is 10.4 Å². The van der Waals surface area contributed by atoms with Gasteiger partial charge in [0.05, 0.1) is 23.5 Å². The zero-order valence-electron chi connectivity index (χ0n) is 12.7. The maximum atomic E-state index is 10.6. The molecule has 6 heteroatoms. The average Bonchev–Trinajstić information content (AvgIpc) is 2.99. The highest BCUT2D eigenvalue weighted by Gasteiger charge is 2.46. The molecule has 1 unspecified atom stereocenters. The molecule has 2 heterocycles. The fourth-order valence-corrected chi connectivity index (χ4v) is 3.02. The van der Waals surface area contributed by atoms with Crippen molar-refractivity contribution < 1.29 is 5.11 Å². The molecule has 0 spiro atoms. The number of H-pyrrole nitrogens is 1. The van der Waals surface area contributed by atoms with Gasteiger partial charge in [0.25, 0.3) is 0 Å². The van der Waals surface area contributed by atoms with Gasteiger partial charge in [-0.25, -0.2) is 0 Å². The fourth-order valence-electron chi connectivity index (χ4n) is 3.02.